The molecule has 0 spiro atoms. The van der Waals surface area contributed by atoms with Crippen molar-refractivity contribution in [2.75, 3.05) is 25.6 Å². The molecule has 1 saturated heterocycles. The highest BCUT2D eigenvalue weighted by molar-refractivity contribution is 7.84. The van der Waals surface area contributed by atoms with E-state index in [0.29, 0.717) is 18.2 Å². The first kappa shape index (κ1) is 26.4. The van der Waals surface area contributed by atoms with E-state index in [4.69, 9.17) is 0 Å². The van der Waals surface area contributed by atoms with Gasteiger partial charge in [0.25, 0.3) is 0 Å². The summed E-state index contributed by atoms with van der Waals surface area (Å²) in [5.74, 6) is -0.570. The minimum absolute atomic E-state index is 0.279. The van der Waals surface area contributed by atoms with Crippen molar-refractivity contribution in [2.24, 2.45) is 5.92 Å². The highest BCUT2D eigenvalue weighted by Gasteiger charge is 2.30. The normalized spacial score (nSPS) is 23.8. The monoisotopic (exact) mass is 389 g/mol. The Morgan fingerprint density at radius 1 is 0.917 bits per heavy atom. The largest absolute Gasteiger partial charge is 0.260 e. The minimum atomic E-state index is -2.26. The van der Waals surface area contributed by atoms with Crippen LogP contribution in [0.2, 0.25) is 0 Å². The van der Waals surface area contributed by atoms with Crippen molar-refractivity contribution in [3.8, 4) is 0 Å². The lowest BCUT2D eigenvalue weighted by Crippen LogP contribution is -2.23. The molecule has 0 aromatic heterocycles. The third-order valence-electron chi connectivity index (χ3n) is 3.93. The molecule has 0 aromatic rings. The van der Waals surface area contributed by atoms with Crippen LogP contribution in [0.3, 0.4) is 0 Å². The van der Waals surface area contributed by atoms with Gasteiger partial charge in [-0.3, -0.25) is 4.21 Å². The SMILES string of the molecule is CC.CC.CS(=O)C1CCCCC1.CS(=O)N1CCC(C(F)F)C1. The van der Waals surface area contributed by atoms with Crippen LogP contribution in [0.15, 0.2) is 0 Å². The zero-order chi connectivity index (χ0) is 19.1. The van der Waals surface area contributed by atoms with E-state index in [-0.39, 0.29) is 6.54 Å². The van der Waals surface area contributed by atoms with E-state index in [1.807, 2.05) is 34.0 Å². The average molecular weight is 390 g/mol. The third-order valence-corrected chi connectivity index (χ3v) is 6.40. The first-order chi connectivity index (χ1) is 11.4. The second-order valence-electron chi connectivity index (χ2n) is 5.45. The molecule has 0 bridgehead atoms. The maximum absolute atomic E-state index is 12.1. The van der Waals surface area contributed by atoms with Crippen LogP contribution in [0.1, 0.15) is 66.2 Å². The van der Waals surface area contributed by atoms with Gasteiger partial charge in [0.1, 0.15) is 0 Å². The summed E-state index contributed by atoms with van der Waals surface area (Å²) >= 11 is 0. The van der Waals surface area contributed by atoms with Gasteiger partial charge in [0.2, 0.25) is 6.43 Å². The number of hydrogen-bond acceptors (Lipinski definition) is 2. The summed E-state index contributed by atoms with van der Waals surface area (Å²) in [6, 6.07) is 0. The summed E-state index contributed by atoms with van der Waals surface area (Å²) in [5, 5.41) is 0.527. The molecule has 0 radical (unpaired) electrons. The fourth-order valence-corrected chi connectivity index (χ4v) is 4.35. The quantitative estimate of drug-likeness (QED) is 0.706. The van der Waals surface area contributed by atoms with Gasteiger partial charge in [0.05, 0.1) is 11.0 Å². The van der Waals surface area contributed by atoms with Gasteiger partial charge < -0.3 is 0 Å². The molecule has 3 atom stereocenters. The second kappa shape index (κ2) is 16.6. The van der Waals surface area contributed by atoms with Crippen LogP contribution in [0, 0.1) is 5.92 Å². The summed E-state index contributed by atoms with van der Waals surface area (Å²) in [4.78, 5) is 0. The van der Waals surface area contributed by atoms with Crippen LogP contribution in [-0.2, 0) is 21.8 Å². The fourth-order valence-electron chi connectivity index (χ4n) is 2.59. The van der Waals surface area contributed by atoms with E-state index in [1.165, 1.54) is 38.4 Å². The molecule has 3 nitrogen and oxygen atoms in total. The van der Waals surface area contributed by atoms with Gasteiger partial charge >= 0.3 is 0 Å². The predicted molar refractivity (Wildman–Crippen MR) is 103 cm³/mol. The van der Waals surface area contributed by atoms with Crippen molar-refractivity contribution < 1.29 is 17.2 Å². The maximum Gasteiger partial charge on any atom is 0.242 e. The van der Waals surface area contributed by atoms with Gasteiger partial charge in [-0.05, 0) is 19.3 Å². The molecule has 24 heavy (non-hydrogen) atoms. The lowest BCUT2D eigenvalue weighted by molar-refractivity contribution is 0.0847. The molecular weight excluding hydrogens is 352 g/mol. The third kappa shape index (κ3) is 11.6. The molecule has 148 valence electrons. The van der Waals surface area contributed by atoms with Crippen molar-refractivity contribution in [2.45, 2.75) is 77.9 Å². The van der Waals surface area contributed by atoms with Crippen LogP contribution in [0.25, 0.3) is 0 Å². The maximum atomic E-state index is 12.1. The summed E-state index contributed by atoms with van der Waals surface area (Å²) < 4.78 is 47.4. The Morgan fingerprint density at radius 2 is 1.42 bits per heavy atom. The van der Waals surface area contributed by atoms with E-state index >= 15 is 0 Å². The number of halogens is 2. The molecule has 1 heterocycles. The Labute approximate surface area is 153 Å². The van der Waals surface area contributed by atoms with Crippen molar-refractivity contribution in [1.29, 1.82) is 0 Å². The Hall–Kier alpha value is 0.120. The Morgan fingerprint density at radius 3 is 1.67 bits per heavy atom. The van der Waals surface area contributed by atoms with Crippen LogP contribution in [-0.4, -0.2) is 50.0 Å². The van der Waals surface area contributed by atoms with Crippen LogP contribution in [0.4, 0.5) is 8.78 Å². The minimum Gasteiger partial charge on any atom is -0.260 e. The van der Waals surface area contributed by atoms with Gasteiger partial charge in [0.15, 0.2) is 0 Å². The Kier molecular flexibility index (Phi) is 18.2. The van der Waals surface area contributed by atoms with Crippen molar-refractivity contribution in [3.05, 3.63) is 0 Å². The van der Waals surface area contributed by atoms with E-state index < -0.39 is 34.1 Å². The van der Waals surface area contributed by atoms with Gasteiger partial charge in [0, 0.05) is 47.6 Å². The van der Waals surface area contributed by atoms with Gasteiger partial charge in [-0.15, -0.1) is 0 Å². The van der Waals surface area contributed by atoms with Gasteiger partial charge in [-0.25, -0.2) is 17.3 Å². The van der Waals surface area contributed by atoms with E-state index in [9.17, 15) is 17.2 Å². The Balaban J connectivity index is 0. The lowest BCUT2D eigenvalue weighted by atomic mass is 10.0. The Bertz CT molecular complexity index is 339. The van der Waals surface area contributed by atoms with Crippen molar-refractivity contribution >= 4 is 21.8 Å². The fraction of sp³-hybridized carbons (Fsp3) is 1.00. The van der Waals surface area contributed by atoms with Gasteiger partial charge in [-0.2, -0.15) is 0 Å². The molecule has 0 aromatic carbocycles. The van der Waals surface area contributed by atoms with E-state index in [0.717, 1.165) is 0 Å². The first-order valence-electron chi connectivity index (χ1n) is 9.10. The number of rotatable bonds is 3. The zero-order valence-corrected chi connectivity index (χ0v) is 17.9. The van der Waals surface area contributed by atoms with Crippen molar-refractivity contribution in [1.82, 2.24) is 4.31 Å². The molecule has 2 rings (SSSR count). The molecule has 7 heteroatoms. The van der Waals surface area contributed by atoms with E-state index in [2.05, 4.69) is 0 Å². The molecule has 0 amide bonds. The molecule has 0 N–H and O–H groups in total. The highest BCUT2D eigenvalue weighted by atomic mass is 32.2. The summed E-state index contributed by atoms with van der Waals surface area (Å²) in [6.45, 7) is 8.82. The molecule has 2 fully saturated rings. The van der Waals surface area contributed by atoms with E-state index in [1.54, 1.807) is 4.31 Å². The second-order valence-corrected chi connectivity index (χ2v) is 8.48. The summed E-state index contributed by atoms with van der Waals surface area (Å²) in [5.41, 5.74) is 0. The molecule has 1 saturated carbocycles. The molecule has 1 aliphatic carbocycles. The molecule has 1 aliphatic heterocycles. The zero-order valence-electron chi connectivity index (χ0n) is 16.2. The van der Waals surface area contributed by atoms with Crippen LogP contribution in [0.5, 0.6) is 0 Å². The molecule has 2 aliphatic rings. The predicted octanol–water partition coefficient (Wildman–Crippen LogP) is 4.62. The molecule has 3 unspecified atom stereocenters. The summed E-state index contributed by atoms with van der Waals surface area (Å²) in [7, 11) is -1.63. The first-order valence-corrected chi connectivity index (χ1v) is 12.2. The van der Waals surface area contributed by atoms with Crippen molar-refractivity contribution in [3.63, 3.8) is 0 Å². The van der Waals surface area contributed by atoms with Gasteiger partial charge in [-0.1, -0.05) is 47.0 Å². The summed E-state index contributed by atoms with van der Waals surface area (Å²) in [6.07, 6.45) is 7.90. The highest BCUT2D eigenvalue weighted by Crippen LogP contribution is 2.23. The van der Waals surface area contributed by atoms with Crippen LogP contribution < -0.4 is 0 Å². The average Bonchev–Trinajstić information content (AvgIpc) is 3.10. The number of nitrogens with zero attached hydrogens (tertiary/aromatic N) is 1. The van der Waals surface area contributed by atoms with Crippen LogP contribution >= 0.6 is 0 Å². The topological polar surface area (TPSA) is 37.4 Å². The molecular formula is C17H37F2NO2S2. The standard InChI is InChI=1S/C7H14OS.C6H11F2NOS.2C2H6/c1-9(8)7-5-3-2-4-6-7;1-11(10)9-3-2-5(4-9)6(7)8;2*1-2/h7H,2-6H2,1H3;5-6H,2-4H2,1H3;2*1-2H3. The number of alkyl halides is 2. The lowest BCUT2D eigenvalue weighted by Gasteiger charge is -2.18. The smallest absolute Gasteiger partial charge is 0.242 e. The number of hydrogen-bond donors (Lipinski definition) is 0.